The summed E-state index contributed by atoms with van der Waals surface area (Å²) in [6.07, 6.45) is 2.99. The smallest absolute Gasteiger partial charge is 0.0892 e. The molecule has 1 heterocycles. The van der Waals surface area contributed by atoms with Crippen LogP contribution in [0.1, 0.15) is 26.0 Å². The standard InChI is InChI=1S/C10H14ClNO/c1-3-8(2)13-7-10-6-9(11)4-5-12-10/h4-6,8H,3,7H2,1-2H3. The zero-order chi connectivity index (χ0) is 9.68. The van der Waals surface area contributed by atoms with Crippen molar-refractivity contribution in [3.8, 4) is 0 Å². The minimum atomic E-state index is 0.279. The molecule has 1 rings (SSSR count). The van der Waals surface area contributed by atoms with E-state index in [0.717, 1.165) is 12.1 Å². The number of hydrogen-bond donors (Lipinski definition) is 0. The largest absolute Gasteiger partial charge is 0.372 e. The molecule has 0 radical (unpaired) electrons. The maximum Gasteiger partial charge on any atom is 0.0892 e. The van der Waals surface area contributed by atoms with Crippen molar-refractivity contribution in [1.29, 1.82) is 0 Å². The molecule has 0 fully saturated rings. The summed E-state index contributed by atoms with van der Waals surface area (Å²) in [5.41, 5.74) is 0.882. The summed E-state index contributed by atoms with van der Waals surface area (Å²) in [4.78, 5) is 4.14. The molecule has 3 heteroatoms. The molecule has 0 aromatic carbocycles. The molecular weight excluding hydrogens is 186 g/mol. The van der Waals surface area contributed by atoms with Crippen LogP contribution in [0.2, 0.25) is 5.02 Å². The van der Waals surface area contributed by atoms with Gasteiger partial charge in [-0.05, 0) is 25.5 Å². The highest BCUT2D eigenvalue weighted by Gasteiger charge is 2.00. The third kappa shape index (κ3) is 3.75. The first-order valence-corrected chi connectivity index (χ1v) is 4.82. The van der Waals surface area contributed by atoms with Crippen LogP contribution >= 0.6 is 11.6 Å². The Morgan fingerprint density at radius 3 is 3.00 bits per heavy atom. The van der Waals surface area contributed by atoms with Gasteiger partial charge in [-0.25, -0.2) is 0 Å². The second kappa shape index (κ2) is 5.20. The van der Waals surface area contributed by atoms with Crippen molar-refractivity contribution in [2.24, 2.45) is 0 Å². The van der Waals surface area contributed by atoms with Crippen LogP contribution in [0.3, 0.4) is 0 Å². The summed E-state index contributed by atoms with van der Waals surface area (Å²) in [6, 6.07) is 3.58. The Labute approximate surface area is 83.9 Å². The second-order valence-corrected chi connectivity index (χ2v) is 3.43. The Bertz CT molecular complexity index is 265. The molecule has 0 amide bonds. The van der Waals surface area contributed by atoms with Gasteiger partial charge in [0.25, 0.3) is 0 Å². The Hall–Kier alpha value is -0.600. The number of nitrogens with zero attached hydrogens (tertiary/aromatic N) is 1. The third-order valence-corrected chi connectivity index (χ3v) is 2.10. The van der Waals surface area contributed by atoms with Crippen LogP contribution < -0.4 is 0 Å². The van der Waals surface area contributed by atoms with E-state index in [4.69, 9.17) is 16.3 Å². The van der Waals surface area contributed by atoms with Gasteiger partial charge in [0.05, 0.1) is 18.4 Å². The van der Waals surface area contributed by atoms with Crippen molar-refractivity contribution < 1.29 is 4.74 Å². The van der Waals surface area contributed by atoms with Crippen molar-refractivity contribution in [3.63, 3.8) is 0 Å². The number of aromatic nitrogens is 1. The van der Waals surface area contributed by atoms with Crippen LogP contribution in [0, 0.1) is 0 Å². The summed E-state index contributed by atoms with van der Waals surface area (Å²) >= 11 is 5.80. The molecule has 2 nitrogen and oxygen atoms in total. The maximum absolute atomic E-state index is 5.80. The summed E-state index contributed by atoms with van der Waals surface area (Å²) in [7, 11) is 0. The lowest BCUT2D eigenvalue weighted by molar-refractivity contribution is 0.0489. The first-order valence-electron chi connectivity index (χ1n) is 4.44. The van der Waals surface area contributed by atoms with Gasteiger partial charge < -0.3 is 4.74 Å². The molecule has 13 heavy (non-hydrogen) atoms. The number of ether oxygens (including phenoxy) is 1. The van der Waals surface area contributed by atoms with E-state index in [1.165, 1.54) is 0 Å². The van der Waals surface area contributed by atoms with Gasteiger partial charge in [-0.3, -0.25) is 4.98 Å². The fraction of sp³-hybridized carbons (Fsp3) is 0.500. The Kier molecular flexibility index (Phi) is 4.19. The highest BCUT2D eigenvalue weighted by atomic mass is 35.5. The number of pyridine rings is 1. The van der Waals surface area contributed by atoms with E-state index in [1.807, 2.05) is 13.0 Å². The topological polar surface area (TPSA) is 22.1 Å². The summed E-state index contributed by atoms with van der Waals surface area (Å²) in [6.45, 7) is 4.68. The molecule has 1 atom stereocenters. The molecule has 0 spiro atoms. The van der Waals surface area contributed by atoms with Gasteiger partial charge in [0.1, 0.15) is 0 Å². The normalized spacial score (nSPS) is 12.8. The average Bonchev–Trinajstić information content (AvgIpc) is 2.14. The van der Waals surface area contributed by atoms with Crippen molar-refractivity contribution >= 4 is 11.6 Å². The molecule has 0 aliphatic rings. The predicted molar refractivity (Wildman–Crippen MR) is 53.8 cm³/mol. The van der Waals surface area contributed by atoms with Gasteiger partial charge >= 0.3 is 0 Å². The zero-order valence-electron chi connectivity index (χ0n) is 7.96. The summed E-state index contributed by atoms with van der Waals surface area (Å²) < 4.78 is 5.51. The number of halogens is 1. The molecule has 0 bridgehead atoms. The molecule has 1 aromatic heterocycles. The monoisotopic (exact) mass is 199 g/mol. The van der Waals surface area contributed by atoms with Crippen molar-refractivity contribution in [1.82, 2.24) is 4.98 Å². The molecular formula is C10H14ClNO. The van der Waals surface area contributed by atoms with Gasteiger partial charge in [-0.2, -0.15) is 0 Å². The SMILES string of the molecule is CCC(C)OCc1cc(Cl)ccn1. The molecule has 1 unspecified atom stereocenters. The quantitative estimate of drug-likeness (QED) is 0.744. The lowest BCUT2D eigenvalue weighted by Crippen LogP contribution is -2.06. The average molecular weight is 200 g/mol. The highest BCUT2D eigenvalue weighted by Crippen LogP contribution is 2.09. The highest BCUT2D eigenvalue weighted by molar-refractivity contribution is 6.30. The van der Waals surface area contributed by atoms with E-state index < -0.39 is 0 Å². The van der Waals surface area contributed by atoms with E-state index in [2.05, 4.69) is 11.9 Å². The third-order valence-electron chi connectivity index (χ3n) is 1.87. The fourth-order valence-electron chi connectivity index (χ4n) is 0.873. The Morgan fingerprint density at radius 2 is 2.38 bits per heavy atom. The number of rotatable bonds is 4. The Balaban J connectivity index is 2.45. The molecule has 0 saturated heterocycles. The Morgan fingerprint density at radius 1 is 1.62 bits per heavy atom. The van der Waals surface area contributed by atoms with E-state index in [9.17, 15) is 0 Å². The molecule has 0 aliphatic heterocycles. The van der Waals surface area contributed by atoms with Gasteiger partial charge in [-0.15, -0.1) is 0 Å². The van der Waals surface area contributed by atoms with Crippen LogP contribution in [-0.2, 0) is 11.3 Å². The minimum Gasteiger partial charge on any atom is -0.372 e. The van der Waals surface area contributed by atoms with Gasteiger partial charge in [-0.1, -0.05) is 18.5 Å². The van der Waals surface area contributed by atoms with Crippen molar-refractivity contribution in [2.45, 2.75) is 33.0 Å². The molecule has 72 valence electrons. The van der Waals surface area contributed by atoms with E-state index in [-0.39, 0.29) is 6.10 Å². The van der Waals surface area contributed by atoms with Gasteiger partial charge in [0.15, 0.2) is 0 Å². The van der Waals surface area contributed by atoms with Gasteiger partial charge in [0.2, 0.25) is 0 Å². The first-order chi connectivity index (χ1) is 6.22. The lowest BCUT2D eigenvalue weighted by atomic mass is 10.3. The zero-order valence-corrected chi connectivity index (χ0v) is 8.71. The van der Waals surface area contributed by atoms with Crippen LogP contribution in [-0.4, -0.2) is 11.1 Å². The predicted octanol–water partition coefficient (Wildman–Crippen LogP) is 3.05. The lowest BCUT2D eigenvalue weighted by Gasteiger charge is -2.09. The summed E-state index contributed by atoms with van der Waals surface area (Å²) in [5.74, 6) is 0. The van der Waals surface area contributed by atoms with Crippen molar-refractivity contribution in [2.75, 3.05) is 0 Å². The fourth-order valence-corrected chi connectivity index (χ4v) is 1.06. The minimum absolute atomic E-state index is 0.279. The first kappa shape index (κ1) is 10.5. The summed E-state index contributed by atoms with van der Waals surface area (Å²) in [5, 5.41) is 0.706. The van der Waals surface area contributed by atoms with Crippen LogP contribution in [0.5, 0.6) is 0 Å². The van der Waals surface area contributed by atoms with Gasteiger partial charge in [0, 0.05) is 11.2 Å². The van der Waals surface area contributed by atoms with E-state index in [1.54, 1.807) is 12.3 Å². The molecule has 0 saturated carbocycles. The maximum atomic E-state index is 5.80. The van der Waals surface area contributed by atoms with Crippen LogP contribution in [0.25, 0.3) is 0 Å². The van der Waals surface area contributed by atoms with E-state index >= 15 is 0 Å². The molecule has 0 aliphatic carbocycles. The van der Waals surface area contributed by atoms with Crippen molar-refractivity contribution in [3.05, 3.63) is 29.0 Å². The van der Waals surface area contributed by atoms with Crippen LogP contribution in [0.15, 0.2) is 18.3 Å². The van der Waals surface area contributed by atoms with E-state index in [0.29, 0.717) is 11.6 Å². The van der Waals surface area contributed by atoms with Crippen LogP contribution in [0.4, 0.5) is 0 Å². The number of hydrogen-bond acceptors (Lipinski definition) is 2. The molecule has 1 aromatic rings. The molecule has 0 N–H and O–H groups in total. The second-order valence-electron chi connectivity index (χ2n) is 3.00.